The molecule has 4 rings (SSSR count). The van der Waals surface area contributed by atoms with Gasteiger partial charge in [0, 0.05) is 38.4 Å². The lowest BCUT2D eigenvalue weighted by Crippen LogP contribution is -2.30. The van der Waals surface area contributed by atoms with Crippen LogP contribution in [0.25, 0.3) is 0 Å². The topological polar surface area (TPSA) is 85.5 Å². The summed E-state index contributed by atoms with van der Waals surface area (Å²) in [4.78, 5) is 12.2. The standard InChI is InChI=1S/C17H19F3N8/c1-10-12(24-15-23-8-11(17(18,19)20)13(21-3)25-15)9-28(26-10)16(2)4-6-27-7-5-22-14(16)27/h5,7-9H,4,6H2,1-3H3,(H2,21,23,24,25)/t16-/m1/s1. The minimum absolute atomic E-state index is 0.0538. The van der Waals surface area contributed by atoms with Gasteiger partial charge in [-0.2, -0.15) is 23.3 Å². The van der Waals surface area contributed by atoms with Gasteiger partial charge in [-0.3, -0.25) is 4.68 Å². The molecule has 0 spiro atoms. The largest absolute Gasteiger partial charge is 0.421 e. The molecule has 4 heterocycles. The number of rotatable bonds is 4. The molecule has 1 atom stereocenters. The highest BCUT2D eigenvalue weighted by molar-refractivity contribution is 5.58. The maximum absolute atomic E-state index is 13.0. The van der Waals surface area contributed by atoms with Gasteiger partial charge < -0.3 is 15.2 Å². The van der Waals surface area contributed by atoms with Gasteiger partial charge in [-0.05, 0) is 20.3 Å². The second-order valence-electron chi connectivity index (χ2n) is 6.87. The van der Waals surface area contributed by atoms with E-state index in [1.807, 2.05) is 17.8 Å². The first kappa shape index (κ1) is 18.3. The predicted molar refractivity (Wildman–Crippen MR) is 96.4 cm³/mol. The molecule has 148 valence electrons. The molecular formula is C17H19F3N8. The lowest BCUT2D eigenvalue weighted by Gasteiger charge is -2.23. The normalized spacial score (nSPS) is 18.9. The maximum Gasteiger partial charge on any atom is 0.421 e. The highest BCUT2D eigenvalue weighted by atomic mass is 19.4. The number of anilines is 3. The molecule has 28 heavy (non-hydrogen) atoms. The van der Waals surface area contributed by atoms with Gasteiger partial charge in [-0.15, -0.1) is 0 Å². The van der Waals surface area contributed by atoms with Crippen LogP contribution in [0, 0.1) is 6.92 Å². The maximum atomic E-state index is 13.0. The van der Waals surface area contributed by atoms with Crippen molar-refractivity contribution in [1.82, 2.24) is 29.3 Å². The zero-order valence-electron chi connectivity index (χ0n) is 15.5. The van der Waals surface area contributed by atoms with Crippen molar-refractivity contribution >= 4 is 17.5 Å². The van der Waals surface area contributed by atoms with Crippen LogP contribution in [0.5, 0.6) is 0 Å². The average Bonchev–Trinajstić information content (AvgIpc) is 3.33. The third-order valence-corrected chi connectivity index (χ3v) is 5.02. The van der Waals surface area contributed by atoms with Gasteiger partial charge in [0.15, 0.2) is 0 Å². The van der Waals surface area contributed by atoms with Crippen LogP contribution in [0.15, 0.2) is 24.8 Å². The lowest BCUT2D eigenvalue weighted by atomic mass is 10.0. The van der Waals surface area contributed by atoms with E-state index in [4.69, 9.17) is 0 Å². The molecule has 0 bridgehead atoms. The summed E-state index contributed by atoms with van der Waals surface area (Å²) >= 11 is 0. The highest BCUT2D eigenvalue weighted by Gasteiger charge is 2.39. The van der Waals surface area contributed by atoms with Gasteiger partial charge in [0.2, 0.25) is 5.95 Å². The van der Waals surface area contributed by atoms with E-state index in [2.05, 4.69) is 42.2 Å². The third kappa shape index (κ3) is 2.86. The van der Waals surface area contributed by atoms with Gasteiger partial charge in [0.1, 0.15) is 22.7 Å². The zero-order valence-corrected chi connectivity index (χ0v) is 15.5. The predicted octanol–water partition coefficient (Wildman–Crippen LogP) is 3.15. The molecule has 0 aliphatic carbocycles. The number of fused-ring (bicyclic) bond motifs is 1. The molecule has 0 unspecified atom stereocenters. The fraction of sp³-hybridized carbons (Fsp3) is 0.412. The molecule has 11 heteroatoms. The Morgan fingerprint density at radius 1 is 1.25 bits per heavy atom. The summed E-state index contributed by atoms with van der Waals surface area (Å²) in [5, 5.41) is 10.0. The van der Waals surface area contributed by atoms with E-state index in [0.29, 0.717) is 11.4 Å². The van der Waals surface area contributed by atoms with Crippen LogP contribution in [-0.4, -0.2) is 36.3 Å². The minimum Gasteiger partial charge on any atom is -0.372 e. The molecule has 3 aromatic rings. The highest BCUT2D eigenvalue weighted by Crippen LogP contribution is 2.36. The summed E-state index contributed by atoms with van der Waals surface area (Å²) in [5.74, 6) is 0.683. The van der Waals surface area contributed by atoms with Crippen LogP contribution in [-0.2, 0) is 18.3 Å². The van der Waals surface area contributed by atoms with E-state index in [1.54, 1.807) is 12.4 Å². The number of hydrogen-bond acceptors (Lipinski definition) is 6. The quantitative estimate of drug-likeness (QED) is 0.710. The Hall–Kier alpha value is -3.11. The van der Waals surface area contributed by atoms with Crippen molar-refractivity contribution in [2.24, 2.45) is 0 Å². The summed E-state index contributed by atoms with van der Waals surface area (Å²) in [7, 11) is 1.38. The molecule has 0 fully saturated rings. The zero-order chi connectivity index (χ0) is 20.1. The number of aryl methyl sites for hydroxylation is 2. The van der Waals surface area contributed by atoms with E-state index in [1.165, 1.54) is 7.05 Å². The number of imidazole rings is 1. The first-order valence-electron chi connectivity index (χ1n) is 8.70. The van der Waals surface area contributed by atoms with Crippen LogP contribution in [0.4, 0.5) is 30.6 Å². The van der Waals surface area contributed by atoms with Gasteiger partial charge in [-0.25, -0.2) is 9.97 Å². The SMILES string of the molecule is CNc1nc(Nc2cn([C@]3(C)CCn4ccnc43)nc2C)ncc1C(F)(F)F. The Kier molecular flexibility index (Phi) is 4.05. The average molecular weight is 392 g/mol. The first-order valence-corrected chi connectivity index (χ1v) is 8.70. The molecule has 0 radical (unpaired) electrons. The van der Waals surface area contributed by atoms with Crippen LogP contribution in [0.3, 0.4) is 0 Å². The van der Waals surface area contributed by atoms with Crippen molar-refractivity contribution in [3.63, 3.8) is 0 Å². The summed E-state index contributed by atoms with van der Waals surface area (Å²) in [6, 6.07) is 0. The Balaban J connectivity index is 1.64. The van der Waals surface area contributed by atoms with Crippen molar-refractivity contribution in [3.05, 3.63) is 41.9 Å². The number of alkyl halides is 3. The van der Waals surface area contributed by atoms with Crippen LogP contribution in [0.1, 0.15) is 30.4 Å². The molecule has 0 saturated heterocycles. The second kappa shape index (κ2) is 6.21. The van der Waals surface area contributed by atoms with E-state index in [0.717, 1.165) is 25.0 Å². The molecular weight excluding hydrogens is 373 g/mol. The number of hydrogen-bond donors (Lipinski definition) is 2. The van der Waals surface area contributed by atoms with Crippen LogP contribution < -0.4 is 10.6 Å². The van der Waals surface area contributed by atoms with Gasteiger partial charge in [-0.1, -0.05) is 0 Å². The molecule has 1 aliphatic rings. The third-order valence-electron chi connectivity index (χ3n) is 5.02. The van der Waals surface area contributed by atoms with E-state index >= 15 is 0 Å². The van der Waals surface area contributed by atoms with E-state index in [9.17, 15) is 13.2 Å². The first-order chi connectivity index (χ1) is 13.2. The van der Waals surface area contributed by atoms with Crippen molar-refractivity contribution in [1.29, 1.82) is 0 Å². The van der Waals surface area contributed by atoms with E-state index in [-0.39, 0.29) is 11.8 Å². The number of halogens is 3. The smallest absolute Gasteiger partial charge is 0.372 e. The Bertz CT molecular complexity index is 1020. The molecule has 8 nitrogen and oxygen atoms in total. The molecule has 0 saturated carbocycles. The summed E-state index contributed by atoms with van der Waals surface area (Å²) in [5.41, 5.74) is -0.0160. The van der Waals surface area contributed by atoms with Crippen molar-refractivity contribution in [2.75, 3.05) is 17.7 Å². The second-order valence-corrected chi connectivity index (χ2v) is 6.87. The summed E-state index contributed by atoms with van der Waals surface area (Å²) in [6.07, 6.45) is 2.58. The fourth-order valence-corrected chi connectivity index (χ4v) is 3.42. The lowest BCUT2D eigenvalue weighted by molar-refractivity contribution is -0.137. The molecule has 0 aromatic carbocycles. The molecule has 0 amide bonds. The molecule has 2 N–H and O–H groups in total. The summed E-state index contributed by atoms with van der Waals surface area (Å²) in [6.45, 7) is 4.72. The minimum atomic E-state index is -4.53. The van der Waals surface area contributed by atoms with Crippen molar-refractivity contribution in [2.45, 2.75) is 38.5 Å². The van der Waals surface area contributed by atoms with Crippen LogP contribution in [0.2, 0.25) is 0 Å². The van der Waals surface area contributed by atoms with Crippen molar-refractivity contribution < 1.29 is 13.2 Å². The van der Waals surface area contributed by atoms with Gasteiger partial charge in [0.25, 0.3) is 0 Å². The van der Waals surface area contributed by atoms with Crippen molar-refractivity contribution in [3.8, 4) is 0 Å². The van der Waals surface area contributed by atoms with E-state index < -0.39 is 17.3 Å². The fourth-order valence-electron chi connectivity index (χ4n) is 3.42. The van der Waals surface area contributed by atoms with Crippen LogP contribution >= 0.6 is 0 Å². The Morgan fingerprint density at radius 2 is 2.04 bits per heavy atom. The molecule has 1 aliphatic heterocycles. The van der Waals surface area contributed by atoms with Gasteiger partial charge >= 0.3 is 6.18 Å². The number of nitrogens with zero attached hydrogens (tertiary/aromatic N) is 6. The number of nitrogens with one attached hydrogen (secondary N) is 2. The Morgan fingerprint density at radius 3 is 2.75 bits per heavy atom. The van der Waals surface area contributed by atoms with Gasteiger partial charge in [0.05, 0.1) is 11.4 Å². The Labute approximate surface area is 158 Å². The number of aromatic nitrogens is 6. The molecule has 3 aromatic heterocycles. The monoisotopic (exact) mass is 392 g/mol. The summed E-state index contributed by atoms with van der Waals surface area (Å²) < 4.78 is 42.9.